The van der Waals surface area contributed by atoms with Gasteiger partial charge in [-0.3, -0.25) is 0 Å². The molecule has 6 heteroatoms. The van der Waals surface area contributed by atoms with Gasteiger partial charge in [-0.1, -0.05) is 0 Å². The SMILES string of the molecule is COc1ccc(-n2nc(C3CC3)c3c(C(F)F)cc(C45CC6CC(CC(C6)C4)C5)nc32)cc1. The molecule has 2 aromatic heterocycles. The highest BCUT2D eigenvalue weighted by molar-refractivity contribution is 5.85. The number of methoxy groups -OCH3 is 1. The van der Waals surface area contributed by atoms with Crippen LogP contribution in [-0.4, -0.2) is 21.9 Å². The summed E-state index contributed by atoms with van der Waals surface area (Å²) in [7, 11) is 1.64. The Balaban J connectivity index is 1.45. The Kier molecular flexibility index (Phi) is 4.23. The first-order valence-electron chi connectivity index (χ1n) is 12.4. The number of pyridine rings is 1. The quantitative estimate of drug-likeness (QED) is 0.434. The zero-order valence-electron chi connectivity index (χ0n) is 18.9. The van der Waals surface area contributed by atoms with Crippen molar-refractivity contribution in [2.45, 2.75) is 69.1 Å². The lowest BCUT2D eigenvalue weighted by molar-refractivity contribution is -0.00721. The summed E-state index contributed by atoms with van der Waals surface area (Å²) in [6, 6.07) is 9.41. The van der Waals surface area contributed by atoms with Crippen LogP contribution in [0.1, 0.15) is 80.7 Å². The summed E-state index contributed by atoms with van der Waals surface area (Å²) >= 11 is 0. The minimum atomic E-state index is -2.53. The molecule has 3 aromatic rings. The van der Waals surface area contributed by atoms with Crippen LogP contribution in [0.3, 0.4) is 0 Å². The van der Waals surface area contributed by atoms with E-state index in [1.54, 1.807) is 17.9 Å². The number of rotatable bonds is 5. The van der Waals surface area contributed by atoms with Crippen LogP contribution in [0, 0.1) is 17.8 Å². The standard InChI is InChI=1S/C27H29F2N3O/c1-33-20-6-4-19(5-7-20)32-26-23(24(31-32)18-2-3-18)21(25(28)29)11-22(30-26)27-12-15-8-16(13-27)10-17(9-15)14-27/h4-7,11,15-18,25H,2-3,8-10,12-14H2,1H3. The van der Waals surface area contributed by atoms with Crippen LogP contribution in [0.25, 0.3) is 16.7 Å². The van der Waals surface area contributed by atoms with Crippen LogP contribution >= 0.6 is 0 Å². The Morgan fingerprint density at radius 3 is 2.18 bits per heavy atom. The predicted octanol–water partition coefficient (Wildman–Crippen LogP) is 6.71. The molecule has 0 spiro atoms. The van der Waals surface area contributed by atoms with Crippen molar-refractivity contribution in [3.63, 3.8) is 0 Å². The van der Waals surface area contributed by atoms with Crippen molar-refractivity contribution in [1.82, 2.24) is 14.8 Å². The molecular weight excluding hydrogens is 420 g/mol. The zero-order chi connectivity index (χ0) is 22.3. The molecule has 172 valence electrons. The van der Waals surface area contributed by atoms with Crippen molar-refractivity contribution >= 4 is 11.0 Å². The second-order valence-corrected chi connectivity index (χ2v) is 11.1. The zero-order valence-corrected chi connectivity index (χ0v) is 18.9. The number of aromatic nitrogens is 3. The third-order valence-electron chi connectivity index (χ3n) is 8.79. The van der Waals surface area contributed by atoms with Gasteiger partial charge in [0, 0.05) is 22.6 Å². The first-order chi connectivity index (χ1) is 16.0. The van der Waals surface area contributed by atoms with Gasteiger partial charge in [-0.2, -0.15) is 5.10 Å². The van der Waals surface area contributed by atoms with Crippen molar-refractivity contribution in [3.8, 4) is 11.4 Å². The van der Waals surface area contributed by atoms with E-state index in [1.165, 1.54) is 19.3 Å². The molecule has 4 bridgehead atoms. The molecule has 0 saturated heterocycles. The number of halogens is 2. The van der Waals surface area contributed by atoms with Crippen molar-refractivity contribution in [2.75, 3.05) is 7.11 Å². The van der Waals surface area contributed by atoms with E-state index in [2.05, 4.69) is 0 Å². The third-order valence-corrected chi connectivity index (χ3v) is 8.79. The summed E-state index contributed by atoms with van der Waals surface area (Å²) in [5.41, 5.74) is 3.21. The smallest absolute Gasteiger partial charge is 0.264 e. The van der Waals surface area contributed by atoms with E-state index in [9.17, 15) is 8.78 Å². The Bertz CT molecular complexity index is 1190. The third kappa shape index (κ3) is 3.05. The molecular formula is C27H29F2N3O. The minimum absolute atomic E-state index is 0.0403. The summed E-state index contributed by atoms with van der Waals surface area (Å²) in [5, 5.41) is 5.47. The normalized spacial score (nSPS) is 30.5. The van der Waals surface area contributed by atoms with E-state index in [1.807, 2.05) is 24.3 Å². The summed E-state index contributed by atoms with van der Waals surface area (Å²) in [6.45, 7) is 0. The van der Waals surface area contributed by atoms with Gasteiger partial charge in [0.05, 0.1) is 23.9 Å². The van der Waals surface area contributed by atoms with Gasteiger partial charge in [0.2, 0.25) is 0 Å². The molecule has 5 aliphatic carbocycles. The highest BCUT2D eigenvalue weighted by Gasteiger charge is 2.52. The number of nitrogens with zero attached hydrogens (tertiary/aromatic N) is 3. The lowest BCUT2D eigenvalue weighted by atomic mass is 9.48. The Morgan fingerprint density at radius 2 is 1.64 bits per heavy atom. The molecule has 0 atom stereocenters. The van der Waals surface area contributed by atoms with Crippen molar-refractivity contribution in [1.29, 1.82) is 0 Å². The first-order valence-corrected chi connectivity index (χ1v) is 12.4. The van der Waals surface area contributed by atoms with Gasteiger partial charge in [0.15, 0.2) is 5.65 Å². The molecule has 33 heavy (non-hydrogen) atoms. The van der Waals surface area contributed by atoms with Crippen LogP contribution in [0.4, 0.5) is 8.78 Å². The van der Waals surface area contributed by atoms with Crippen molar-refractivity contribution in [2.24, 2.45) is 17.8 Å². The lowest BCUT2D eigenvalue weighted by Crippen LogP contribution is -2.49. The van der Waals surface area contributed by atoms with Crippen molar-refractivity contribution in [3.05, 3.63) is 47.3 Å². The fourth-order valence-corrected chi connectivity index (χ4v) is 7.59. The maximum absolute atomic E-state index is 14.5. The monoisotopic (exact) mass is 449 g/mol. The van der Waals surface area contributed by atoms with Gasteiger partial charge in [0.25, 0.3) is 6.43 Å². The van der Waals surface area contributed by atoms with E-state index in [-0.39, 0.29) is 16.9 Å². The molecule has 5 fully saturated rings. The number of fused-ring (bicyclic) bond motifs is 1. The van der Waals surface area contributed by atoms with E-state index >= 15 is 0 Å². The second-order valence-electron chi connectivity index (χ2n) is 11.1. The van der Waals surface area contributed by atoms with Crippen molar-refractivity contribution < 1.29 is 13.5 Å². The van der Waals surface area contributed by atoms with Gasteiger partial charge >= 0.3 is 0 Å². The average molecular weight is 450 g/mol. The van der Waals surface area contributed by atoms with E-state index in [4.69, 9.17) is 14.8 Å². The number of hydrogen-bond acceptors (Lipinski definition) is 3. The molecule has 0 N–H and O–H groups in total. The fraction of sp³-hybridized carbons (Fsp3) is 0.556. The molecule has 0 radical (unpaired) electrons. The molecule has 0 aliphatic heterocycles. The van der Waals surface area contributed by atoms with E-state index < -0.39 is 6.43 Å². The number of benzene rings is 1. The maximum Gasteiger partial charge on any atom is 0.264 e. The first kappa shape index (κ1) is 19.9. The summed E-state index contributed by atoms with van der Waals surface area (Å²) in [4.78, 5) is 5.19. The molecule has 0 unspecified atom stereocenters. The lowest BCUT2D eigenvalue weighted by Gasteiger charge is -2.56. The molecule has 1 aromatic carbocycles. The van der Waals surface area contributed by atoms with Crippen LogP contribution in [0.5, 0.6) is 5.75 Å². The van der Waals surface area contributed by atoms with E-state index in [0.29, 0.717) is 11.0 Å². The van der Waals surface area contributed by atoms with Gasteiger partial charge in [-0.05, 0) is 99.5 Å². The Hall–Kier alpha value is -2.50. The highest BCUT2D eigenvalue weighted by atomic mass is 19.3. The molecule has 0 amide bonds. The van der Waals surface area contributed by atoms with Gasteiger partial charge < -0.3 is 4.74 Å². The highest BCUT2D eigenvalue weighted by Crippen LogP contribution is 2.61. The van der Waals surface area contributed by atoms with E-state index in [0.717, 1.165) is 72.7 Å². The Labute approximate surface area is 192 Å². The maximum atomic E-state index is 14.5. The second kappa shape index (κ2) is 7.00. The molecule has 4 nitrogen and oxygen atoms in total. The predicted molar refractivity (Wildman–Crippen MR) is 122 cm³/mol. The molecule has 8 rings (SSSR count). The molecule has 2 heterocycles. The van der Waals surface area contributed by atoms with Crippen LogP contribution in [0.15, 0.2) is 30.3 Å². The van der Waals surface area contributed by atoms with Crippen LogP contribution < -0.4 is 4.74 Å². The van der Waals surface area contributed by atoms with Gasteiger partial charge in [0.1, 0.15) is 5.75 Å². The van der Waals surface area contributed by atoms with Gasteiger partial charge in [-0.15, -0.1) is 0 Å². The van der Waals surface area contributed by atoms with Crippen LogP contribution in [-0.2, 0) is 5.41 Å². The summed E-state index contributed by atoms with van der Waals surface area (Å²) in [5.74, 6) is 3.22. The average Bonchev–Trinajstić information content (AvgIpc) is 3.58. The summed E-state index contributed by atoms with van der Waals surface area (Å²) < 4.78 is 36.2. The van der Waals surface area contributed by atoms with Gasteiger partial charge in [-0.25, -0.2) is 18.4 Å². The molecule has 5 aliphatic rings. The number of hydrogen-bond donors (Lipinski definition) is 0. The number of alkyl halides is 2. The fourth-order valence-electron chi connectivity index (χ4n) is 7.59. The summed E-state index contributed by atoms with van der Waals surface area (Å²) in [6.07, 6.45) is 6.75. The topological polar surface area (TPSA) is 39.9 Å². The largest absolute Gasteiger partial charge is 0.497 e. The van der Waals surface area contributed by atoms with Crippen LogP contribution in [0.2, 0.25) is 0 Å². The minimum Gasteiger partial charge on any atom is -0.497 e. The molecule has 5 saturated carbocycles. The Morgan fingerprint density at radius 1 is 1.00 bits per heavy atom. The number of ether oxygens (including phenoxy) is 1.